The monoisotopic (exact) mass is 564 g/mol. The fourth-order valence-corrected chi connectivity index (χ4v) is 12.8. The second kappa shape index (κ2) is 8.87. The third-order valence-corrected chi connectivity index (χ3v) is 14.8. The van der Waals surface area contributed by atoms with Gasteiger partial charge in [-0.1, -0.05) is 34.6 Å². The Labute approximate surface area is 238 Å². The third-order valence-electron chi connectivity index (χ3n) is 14.8. The van der Waals surface area contributed by atoms with Crippen LogP contribution in [-0.4, -0.2) is 87.8 Å². The molecule has 40 heavy (non-hydrogen) atoms. The second-order valence-corrected chi connectivity index (χ2v) is 16.2. The molecule has 228 valence electrons. The summed E-state index contributed by atoms with van der Waals surface area (Å²) >= 11 is 0. The lowest BCUT2D eigenvalue weighted by Gasteiger charge is -2.64. The van der Waals surface area contributed by atoms with Crippen molar-refractivity contribution in [3.05, 3.63) is 0 Å². The van der Waals surface area contributed by atoms with Crippen LogP contribution < -0.4 is 0 Å². The Morgan fingerprint density at radius 3 is 2.30 bits per heavy atom. The van der Waals surface area contributed by atoms with E-state index in [0.29, 0.717) is 23.7 Å². The maximum absolute atomic E-state index is 12.1. The summed E-state index contributed by atoms with van der Waals surface area (Å²) in [4.78, 5) is 0. The lowest BCUT2D eigenvalue weighted by atomic mass is 9.41. The summed E-state index contributed by atoms with van der Waals surface area (Å²) in [5, 5.41) is 52.7. The Morgan fingerprint density at radius 1 is 0.875 bits per heavy atom. The molecule has 9 unspecified atom stereocenters. The Bertz CT molecular complexity index is 1020. The van der Waals surface area contributed by atoms with Crippen molar-refractivity contribution >= 4 is 0 Å². The number of ether oxygens (including phenoxy) is 3. The molecule has 5 aliphatic carbocycles. The molecule has 7 rings (SSSR count). The van der Waals surface area contributed by atoms with E-state index in [1.165, 1.54) is 12.8 Å². The van der Waals surface area contributed by atoms with Crippen LogP contribution in [0.3, 0.4) is 0 Å². The highest BCUT2D eigenvalue weighted by molar-refractivity contribution is 5.32. The molecular formula is C32H52O8. The molecule has 7 aliphatic rings. The van der Waals surface area contributed by atoms with Gasteiger partial charge in [0.05, 0.1) is 37.6 Å². The van der Waals surface area contributed by atoms with Gasteiger partial charge >= 0.3 is 0 Å². The summed E-state index contributed by atoms with van der Waals surface area (Å²) in [5.74, 6) is 1.66. The quantitative estimate of drug-likeness (QED) is 0.331. The first-order valence-electron chi connectivity index (χ1n) is 16.0. The Balaban J connectivity index is 1.16. The fraction of sp³-hybridized carbons (Fsp3) is 1.00. The van der Waals surface area contributed by atoms with Gasteiger partial charge in [0, 0.05) is 5.41 Å². The minimum Gasteiger partial charge on any atom is -0.394 e. The zero-order valence-corrected chi connectivity index (χ0v) is 25.0. The highest BCUT2D eigenvalue weighted by Crippen LogP contribution is 2.89. The molecule has 16 atom stereocenters. The van der Waals surface area contributed by atoms with Crippen LogP contribution in [-0.2, 0) is 14.2 Å². The number of hydrogen-bond donors (Lipinski definition) is 5. The maximum Gasteiger partial charge on any atom is 0.186 e. The molecule has 2 aliphatic heterocycles. The third kappa shape index (κ3) is 3.26. The summed E-state index contributed by atoms with van der Waals surface area (Å²) in [6, 6.07) is 0. The highest BCUT2D eigenvalue weighted by atomic mass is 16.7. The van der Waals surface area contributed by atoms with E-state index < -0.39 is 30.7 Å². The van der Waals surface area contributed by atoms with E-state index in [2.05, 4.69) is 34.6 Å². The summed E-state index contributed by atoms with van der Waals surface area (Å²) in [6.07, 6.45) is 2.99. The van der Waals surface area contributed by atoms with Crippen molar-refractivity contribution in [3.8, 4) is 0 Å². The van der Waals surface area contributed by atoms with Gasteiger partial charge in [-0.2, -0.15) is 0 Å². The van der Waals surface area contributed by atoms with Gasteiger partial charge in [0.2, 0.25) is 0 Å². The number of aliphatic hydroxyl groups is 5. The number of aliphatic hydroxyl groups excluding tert-OH is 5. The van der Waals surface area contributed by atoms with Crippen molar-refractivity contribution in [2.75, 3.05) is 13.2 Å². The molecule has 2 heterocycles. The van der Waals surface area contributed by atoms with Crippen LogP contribution in [0.25, 0.3) is 0 Å². The van der Waals surface area contributed by atoms with Crippen LogP contribution in [0.5, 0.6) is 0 Å². The van der Waals surface area contributed by atoms with Crippen molar-refractivity contribution < 1.29 is 39.7 Å². The lowest BCUT2D eigenvalue weighted by molar-refractivity contribution is -0.303. The number of rotatable bonds is 3. The normalized spacial score (nSPS) is 62.0. The first-order chi connectivity index (χ1) is 18.8. The maximum atomic E-state index is 12.1. The molecule has 0 aromatic heterocycles. The van der Waals surface area contributed by atoms with Crippen molar-refractivity contribution in [1.82, 2.24) is 0 Å². The van der Waals surface area contributed by atoms with Crippen LogP contribution in [0.4, 0.5) is 0 Å². The van der Waals surface area contributed by atoms with Crippen LogP contribution in [0.1, 0.15) is 86.0 Å². The molecule has 5 saturated carbocycles. The molecule has 8 nitrogen and oxygen atoms in total. The van der Waals surface area contributed by atoms with Gasteiger partial charge in [0.1, 0.15) is 18.3 Å². The summed E-state index contributed by atoms with van der Waals surface area (Å²) in [7, 11) is 0. The van der Waals surface area contributed by atoms with Gasteiger partial charge in [-0.3, -0.25) is 0 Å². The molecule has 2 spiro atoms. The van der Waals surface area contributed by atoms with Crippen molar-refractivity contribution in [2.24, 2.45) is 50.7 Å². The van der Waals surface area contributed by atoms with Crippen LogP contribution in [0, 0.1) is 50.7 Å². The lowest BCUT2D eigenvalue weighted by Crippen LogP contribution is -2.61. The van der Waals surface area contributed by atoms with Gasteiger partial charge < -0.3 is 39.7 Å². The molecule has 0 radical (unpaired) electrons. The van der Waals surface area contributed by atoms with E-state index in [-0.39, 0.29) is 58.6 Å². The summed E-state index contributed by atoms with van der Waals surface area (Å²) in [6.45, 7) is 11.7. The number of hydrogen-bond acceptors (Lipinski definition) is 8. The number of fused-ring (bicyclic) bond motifs is 4. The van der Waals surface area contributed by atoms with Gasteiger partial charge in [-0.15, -0.1) is 0 Å². The summed E-state index contributed by atoms with van der Waals surface area (Å²) in [5.41, 5.74) is 0.147. The molecule has 0 aromatic carbocycles. The smallest absolute Gasteiger partial charge is 0.186 e. The zero-order valence-electron chi connectivity index (χ0n) is 25.0. The van der Waals surface area contributed by atoms with Gasteiger partial charge in [-0.05, 0) is 96.7 Å². The average Bonchev–Trinajstić information content (AvgIpc) is 3.55. The predicted octanol–water partition coefficient (Wildman–Crippen LogP) is 2.62. The minimum absolute atomic E-state index is 0.0130. The SMILES string of the molecule is C[C@@H]1CC(CO)OC2[C@H]1C1(C)CCC34CC35CCC(OC3OC[C@@H](O)C(O)[C@H]3O)C(C)(C)[C@@H]5CCC4[C@]1(C)[C@H]2O. The predicted molar refractivity (Wildman–Crippen MR) is 146 cm³/mol. The molecule has 8 heteroatoms. The van der Waals surface area contributed by atoms with Gasteiger partial charge in [-0.25, -0.2) is 0 Å². The van der Waals surface area contributed by atoms with Crippen molar-refractivity contribution in [3.63, 3.8) is 0 Å². The Kier molecular flexibility index (Phi) is 6.31. The molecule has 5 N–H and O–H groups in total. The van der Waals surface area contributed by atoms with Crippen LogP contribution in [0.15, 0.2) is 0 Å². The first-order valence-corrected chi connectivity index (χ1v) is 16.0. The zero-order chi connectivity index (χ0) is 28.6. The highest BCUT2D eigenvalue weighted by Gasteiger charge is 2.84. The van der Waals surface area contributed by atoms with E-state index in [9.17, 15) is 25.5 Å². The van der Waals surface area contributed by atoms with Crippen molar-refractivity contribution in [2.45, 2.75) is 135 Å². The van der Waals surface area contributed by atoms with E-state index in [0.717, 1.165) is 38.5 Å². The Hall–Kier alpha value is -0.320. The van der Waals surface area contributed by atoms with Crippen molar-refractivity contribution in [1.29, 1.82) is 0 Å². The van der Waals surface area contributed by atoms with E-state index in [4.69, 9.17) is 14.2 Å². The average molecular weight is 565 g/mol. The largest absolute Gasteiger partial charge is 0.394 e. The van der Waals surface area contributed by atoms with Gasteiger partial charge in [0.25, 0.3) is 0 Å². The molecule has 0 aromatic rings. The fourth-order valence-electron chi connectivity index (χ4n) is 12.8. The van der Waals surface area contributed by atoms with Gasteiger partial charge in [0.15, 0.2) is 6.29 Å². The molecule has 2 saturated heterocycles. The molecule has 7 fully saturated rings. The standard InChI is InChI=1S/C32H52O8/c1-16-12-17(13-33)39-25-22(16)29(4)10-11-32-15-31(32)9-8-21(40-27-24(36)23(35)18(34)14-38-27)28(2,3)19(31)6-7-20(32)30(29,5)26(25)37/h16-27,33-37H,6-15H2,1-5H3/t16-,17?,18-,19+,20?,21?,22+,23?,24-,25?,26+,27?,29?,30-,31?,32?/m1/s1. The van der Waals surface area contributed by atoms with E-state index >= 15 is 0 Å². The van der Waals surface area contributed by atoms with E-state index in [1.54, 1.807) is 0 Å². The first kappa shape index (κ1) is 28.5. The topological polar surface area (TPSA) is 129 Å². The molecular weight excluding hydrogens is 512 g/mol. The summed E-state index contributed by atoms with van der Waals surface area (Å²) < 4.78 is 18.5. The molecule has 0 bridgehead atoms. The Morgan fingerprint density at radius 2 is 1.57 bits per heavy atom. The minimum atomic E-state index is -1.27. The van der Waals surface area contributed by atoms with Crippen LogP contribution in [0.2, 0.25) is 0 Å². The second-order valence-electron chi connectivity index (χ2n) is 16.2. The van der Waals surface area contributed by atoms with E-state index in [1.807, 2.05) is 0 Å². The molecule has 0 amide bonds. The van der Waals surface area contributed by atoms with Crippen LogP contribution >= 0.6 is 0 Å².